The number of nitrogens with one attached hydrogen (secondary N) is 1. The van der Waals surface area contributed by atoms with Gasteiger partial charge in [-0.3, -0.25) is 4.79 Å². The highest BCUT2D eigenvalue weighted by Crippen LogP contribution is 2.25. The molecule has 0 saturated carbocycles. The van der Waals surface area contributed by atoms with Gasteiger partial charge in [-0.1, -0.05) is 13.8 Å². The van der Waals surface area contributed by atoms with Crippen LogP contribution in [-0.4, -0.2) is 37.0 Å². The Kier molecular flexibility index (Phi) is 3.85. The highest BCUT2D eigenvalue weighted by Gasteiger charge is 2.32. The molecule has 92 valence electrons. The predicted molar refractivity (Wildman–Crippen MR) is 65.1 cm³/mol. The topological polar surface area (TPSA) is 32.3 Å². The molecule has 2 aliphatic rings. The Hall–Kier alpha value is -0.570. The van der Waals surface area contributed by atoms with Crippen molar-refractivity contribution in [2.24, 2.45) is 17.8 Å². The lowest BCUT2D eigenvalue weighted by molar-refractivity contribution is -0.133. The molecule has 0 aromatic carbocycles. The highest BCUT2D eigenvalue weighted by atomic mass is 16.2. The van der Waals surface area contributed by atoms with Gasteiger partial charge in [0, 0.05) is 19.6 Å². The average Bonchev–Trinajstić information content (AvgIpc) is 2.84. The van der Waals surface area contributed by atoms with Crippen LogP contribution in [0.4, 0.5) is 0 Å². The van der Waals surface area contributed by atoms with Gasteiger partial charge in [0.2, 0.25) is 5.91 Å². The van der Waals surface area contributed by atoms with Crippen molar-refractivity contribution in [2.75, 3.05) is 26.2 Å². The van der Waals surface area contributed by atoms with Crippen LogP contribution in [0.15, 0.2) is 0 Å². The van der Waals surface area contributed by atoms with Gasteiger partial charge in [0.05, 0.1) is 5.92 Å². The third kappa shape index (κ3) is 2.76. The van der Waals surface area contributed by atoms with E-state index < -0.39 is 0 Å². The summed E-state index contributed by atoms with van der Waals surface area (Å²) >= 11 is 0. The van der Waals surface area contributed by atoms with Crippen LogP contribution < -0.4 is 5.32 Å². The summed E-state index contributed by atoms with van der Waals surface area (Å²) < 4.78 is 0. The molecular weight excluding hydrogens is 200 g/mol. The number of carbonyl (C=O) groups is 1. The van der Waals surface area contributed by atoms with Crippen LogP contribution in [0.5, 0.6) is 0 Å². The van der Waals surface area contributed by atoms with E-state index in [2.05, 4.69) is 24.1 Å². The monoisotopic (exact) mass is 224 g/mol. The summed E-state index contributed by atoms with van der Waals surface area (Å²) in [6, 6.07) is 0. The largest absolute Gasteiger partial charge is 0.342 e. The molecule has 2 saturated heterocycles. The van der Waals surface area contributed by atoms with Crippen molar-refractivity contribution in [3.8, 4) is 0 Å². The molecule has 1 N–H and O–H groups in total. The molecule has 0 aromatic rings. The first-order valence-corrected chi connectivity index (χ1v) is 6.66. The van der Waals surface area contributed by atoms with E-state index in [1.807, 2.05) is 0 Å². The summed E-state index contributed by atoms with van der Waals surface area (Å²) in [5, 5.41) is 3.27. The maximum absolute atomic E-state index is 12.2. The zero-order chi connectivity index (χ0) is 11.5. The second kappa shape index (κ2) is 5.17. The smallest absolute Gasteiger partial charge is 0.227 e. The fraction of sp³-hybridized carbons (Fsp3) is 0.923. The Bertz CT molecular complexity index is 246. The lowest BCUT2D eigenvalue weighted by Crippen LogP contribution is -2.35. The zero-order valence-corrected chi connectivity index (χ0v) is 10.5. The molecule has 2 heterocycles. The molecule has 0 radical (unpaired) electrons. The molecule has 2 fully saturated rings. The Morgan fingerprint density at radius 1 is 1.44 bits per heavy atom. The first-order valence-electron chi connectivity index (χ1n) is 6.66. The highest BCUT2D eigenvalue weighted by molar-refractivity contribution is 5.79. The van der Waals surface area contributed by atoms with E-state index in [0.717, 1.165) is 44.4 Å². The minimum atomic E-state index is 0.262. The van der Waals surface area contributed by atoms with Crippen LogP contribution >= 0.6 is 0 Å². The van der Waals surface area contributed by atoms with E-state index in [9.17, 15) is 4.79 Å². The van der Waals surface area contributed by atoms with E-state index in [4.69, 9.17) is 0 Å². The van der Waals surface area contributed by atoms with E-state index in [0.29, 0.717) is 5.91 Å². The normalized spacial score (nSPS) is 30.3. The summed E-state index contributed by atoms with van der Waals surface area (Å²) in [6.45, 7) is 8.45. The van der Waals surface area contributed by atoms with Gasteiger partial charge in [0.1, 0.15) is 0 Å². The standard InChI is InChI=1S/C13H24N2O/c1-10(2)7-11-4-6-15(9-11)13(16)12-3-5-14-8-12/h10-12,14H,3-9H2,1-2H3. The number of nitrogens with zero attached hydrogens (tertiary/aromatic N) is 1. The molecule has 0 aliphatic carbocycles. The molecule has 2 aliphatic heterocycles. The fourth-order valence-electron chi connectivity index (χ4n) is 3.02. The van der Waals surface area contributed by atoms with Crippen molar-refractivity contribution in [1.82, 2.24) is 10.2 Å². The third-order valence-electron chi connectivity index (χ3n) is 3.81. The summed E-state index contributed by atoms with van der Waals surface area (Å²) in [4.78, 5) is 14.3. The van der Waals surface area contributed by atoms with Crippen LogP contribution in [0.25, 0.3) is 0 Å². The predicted octanol–water partition coefficient (Wildman–Crippen LogP) is 1.49. The molecule has 2 unspecified atom stereocenters. The van der Waals surface area contributed by atoms with Crippen LogP contribution in [0.2, 0.25) is 0 Å². The zero-order valence-electron chi connectivity index (χ0n) is 10.5. The van der Waals surface area contributed by atoms with Crippen LogP contribution in [0, 0.1) is 17.8 Å². The number of rotatable bonds is 3. The molecule has 0 spiro atoms. The molecule has 2 atom stereocenters. The first kappa shape index (κ1) is 11.9. The van der Waals surface area contributed by atoms with Gasteiger partial charge in [-0.05, 0) is 37.6 Å². The molecule has 1 amide bonds. The molecule has 16 heavy (non-hydrogen) atoms. The minimum Gasteiger partial charge on any atom is -0.342 e. The lowest BCUT2D eigenvalue weighted by atomic mass is 9.97. The Balaban J connectivity index is 1.81. The molecule has 3 heteroatoms. The van der Waals surface area contributed by atoms with Gasteiger partial charge in [-0.2, -0.15) is 0 Å². The molecule has 3 nitrogen and oxygen atoms in total. The molecule has 0 aromatic heterocycles. The lowest BCUT2D eigenvalue weighted by Gasteiger charge is -2.20. The van der Waals surface area contributed by atoms with Crippen molar-refractivity contribution >= 4 is 5.91 Å². The third-order valence-corrected chi connectivity index (χ3v) is 3.81. The molecule has 0 bridgehead atoms. The van der Waals surface area contributed by atoms with Gasteiger partial charge >= 0.3 is 0 Å². The summed E-state index contributed by atoms with van der Waals surface area (Å²) in [7, 11) is 0. The van der Waals surface area contributed by atoms with Gasteiger partial charge in [0.25, 0.3) is 0 Å². The van der Waals surface area contributed by atoms with Crippen LogP contribution in [-0.2, 0) is 4.79 Å². The van der Waals surface area contributed by atoms with E-state index in [-0.39, 0.29) is 5.92 Å². The van der Waals surface area contributed by atoms with Crippen molar-refractivity contribution in [2.45, 2.75) is 33.1 Å². The number of hydrogen-bond acceptors (Lipinski definition) is 2. The number of hydrogen-bond donors (Lipinski definition) is 1. The maximum atomic E-state index is 12.2. The van der Waals surface area contributed by atoms with E-state index >= 15 is 0 Å². The summed E-state index contributed by atoms with van der Waals surface area (Å²) in [6.07, 6.45) is 3.51. The maximum Gasteiger partial charge on any atom is 0.227 e. The van der Waals surface area contributed by atoms with E-state index in [1.165, 1.54) is 12.8 Å². The molecular formula is C13H24N2O. The number of likely N-dealkylation sites (tertiary alicyclic amines) is 1. The minimum absolute atomic E-state index is 0.262. The Morgan fingerprint density at radius 2 is 2.25 bits per heavy atom. The van der Waals surface area contributed by atoms with Crippen molar-refractivity contribution < 1.29 is 4.79 Å². The second-order valence-corrected chi connectivity index (χ2v) is 5.76. The van der Waals surface area contributed by atoms with Crippen LogP contribution in [0.3, 0.4) is 0 Å². The number of amides is 1. The van der Waals surface area contributed by atoms with Crippen molar-refractivity contribution in [1.29, 1.82) is 0 Å². The van der Waals surface area contributed by atoms with Crippen molar-refractivity contribution in [3.05, 3.63) is 0 Å². The second-order valence-electron chi connectivity index (χ2n) is 5.76. The molecule has 2 rings (SSSR count). The van der Waals surface area contributed by atoms with Gasteiger partial charge < -0.3 is 10.2 Å². The van der Waals surface area contributed by atoms with E-state index in [1.54, 1.807) is 0 Å². The quantitative estimate of drug-likeness (QED) is 0.788. The Morgan fingerprint density at radius 3 is 2.88 bits per heavy atom. The van der Waals surface area contributed by atoms with Crippen LogP contribution in [0.1, 0.15) is 33.1 Å². The average molecular weight is 224 g/mol. The number of carbonyl (C=O) groups excluding carboxylic acids is 1. The van der Waals surface area contributed by atoms with Gasteiger partial charge in [-0.25, -0.2) is 0 Å². The van der Waals surface area contributed by atoms with Gasteiger partial charge in [-0.15, -0.1) is 0 Å². The summed E-state index contributed by atoms with van der Waals surface area (Å²) in [5.41, 5.74) is 0. The Labute approximate surface area is 98.6 Å². The summed E-state index contributed by atoms with van der Waals surface area (Å²) in [5.74, 6) is 2.17. The van der Waals surface area contributed by atoms with Crippen molar-refractivity contribution in [3.63, 3.8) is 0 Å². The fourth-order valence-corrected chi connectivity index (χ4v) is 3.02. The van der Waals surface area contributed by atoms with Gasteiger partial charge in [0.15, 0.2) is 0 Å². The SMILES string of the molecule is CC(C)CC1CCN(C(=O)C2CCNC2)C1. The first-order chi connectivity index (χ1) is 7.66.